The van der Waals surface area contributed by atoms with E-state index < -0.39 is 29.0 Å². The van der Waals surface area contributed by atoms with Gasteiger partial charge >= 0.3 is 0 Å². The van der Waals surface area contributed by atoms with Crippen LogP contribution in [0.1, 0.15) is 13.8 Å². The zero-order valence-electron chi connectivity index (χ0n) is 13.6. The topological polar surface area (TPSA) is 106 Å². The summed E-state index contributed by atoms with van der Waals surface area (Å²) >= 11 is 0.963. The van der Waals surface area contributed by atoms with Gasteiger partial charge in [-0.2, -0.15) is 10.5 Å². The Bertz CT molecular complexity index is 836. The lowest BCUT2D eigenvalue weighted by Crippen LogP contribution is -2.44. The fourth-order valence-electron chi connectivity index (χ4n) is 2.42. The Hall–Kier alpha value is -2.84. The Kier molecular flexibility index (Phi) is 5.45. The van der Waals surface area contributed by atoms with E-state index in [1.807, 2.05) is 12.1 Å². The maximum Gasteiger partial charge on any atom is 0.243 e. The number of thioether (sulfide) groups is 1. The van der Waals surface area contributed by atoms with E-state index in [-0.39, 0.29) is 22.0 Å². The Labute approximate surface area is 148 Å². The molecule has 2 amide bonds. The summed E-state index contributed by atoms with van der Waals surface area (Å²) in [5.74, 6) is -2.65. The number of anilines is 1. The predicted molar refractivity (Wildman–Crippen MR) is 91.2 cm³/mol. The highest BCUT2D eigenvalue weighted by Gasteiger charge is 2.44. The van der Waals surface area contributed by atoms with Gasteiger partial charge in [-0.05, 0) is 12.1 Å². The molecule has 1 aliphatic rings. The normalized spacial score (nSPS) is 18.8. The van der Waals surface area contributed by atoms with Gasteiger partial charge in [0.1, 0.15) is 11.7 Å². The van der Waals surface area contributed by atoms with E-state index >= 15 is 0 Å². The van der Waals surface area contributed by atoms with E-state index in [9.17, 15) is 19.2 Å². The third kappa shape index (κ3) is 3.81. The molecule has 1 aromatic carbocycles. The molecule has 25 heavy (non-hydrogen) atoms. The van der Waals surface area contributed by atoms with Crippen LogP contribution >= 0.6 is 11.8 Å². The molecular weight excluding hydrogens is 343 g/mol. The Morgan fingerprint density at radius 3 is 2.68 bits per heavy atom. The fraction of sp³-hybridized carbons (Fsp3) is 0.294. The number of hydrogen-bond donors (Lipinski definition) is 2. The van der Waals surface area contributed by atoms with Crippen LogP contribution in [0.4, 0.5) is 10.1 Å². The zero-order chi connectivity index (χ0) is 18.6. The highest BCUT2D eigenvalue weighted by molar-refractivity contribution is 8.03. The van der Waals surface area contributed by atoms with E-state index in [1.165, 1.54) is 18.2 Å². The molecule has 1 aromatic rings. The fourth-order valence-corrected chi connectivity index (χ4v) is 3.39. The molecule has 128 valence electrons. The summed E-state index contributed by atoms with van der Waals surface area (Å²) in [4.78, 5) is 24.0. The molecule has 0 aromatic heterocycles. The first-order chi connectivity index (χ1) is 11.8. The number of nitrogens with zero attached hydrogens (tertiary/aromatic N) is 2. The maximum absolute atomic E-state index is 13.5. The molecule has 0 saturated carbocycles. The zero-order valence-corrected chi connectivity index (χ0v) is 14.4. The van der Waals surface area contributed by atoms with E-state index in [2.05, 4.69) is 10.6 Å². The van der Waals surface area contributed by atoms with Crippen molar-refractivity contribution in [1.82, 2.24) is 5.32 Å². The molecule has 0 fully saturated rings. The van der Waals surface area contributed by atoms with Crippen molar-refractivity contribution in [3.05, 3.63) is 40.7 Å². The molecule has 6 nitrogen and oxygen atoms in total. The number of carbonyl (C=O) groups excluding carboxylic acids is 2. The second-order valence-corrected chi connectivity index (χ2v) is 6.89. The third-order valence-electron chi connectivity index (χ3n) is 3.83. The van der Waals surface area contributed by atoms with Crippen LogP contribution in [0.5, 0.6) is 0 Å². The summed E-state index contributed by atoms with van der Waals surface area (Å²) in [6.07, 6.45) is 0. The average Bonchev–Trinajstić information content (AvgIpc) is 2.54. The lowest BCUT2D eigenvalue weighted by molar-refractivity contribution is -0.125. The molecule has 1 aliphatic heterocycles. The maximum atomic E-state index is 13.5. The van der Waals surface area contributed by atoms with Crippen molar-refractivity contribution in [2.75, 3.05) is 11.1 Å². The molecule has 0 unspecified atom stereocenters. The minimum atomic E-state index is -0.987. The highest BCUT2D eigenvalue weighted by atomic mass is 32.2. The summed E-state index contributed by atoms with van der Waals surface area (Å²) in [6, 6.07) is 9.68. The van der Waals surface area contributed by atoms with Crippen LogP contribution in [0.25, 0.3) is 0 Å². The number of benzene rings is 1. The SMILES string of the molecule is CC1(C)C(C#N)=C(SCC(=O)Nc2ccccc2F)NC(=O)[C@@H]1C#N. The first-order valence-electron chi connectivity index (χ1n) is 7.33. The van der Waals surface area contributed by atoms with Crippen LogP contribution in [0.2, 0.25) is 0 Å². The molecule has 0 radical (unpaired) electrons. The van der Waals surface area contributed by atoms with E-state index in [1.54, 1.807) is 19.9 Å². The number of nitriles is 2. The molecule has 2 N–H and O–H groups in total. The minimum absolute atomic E-state index is 0.0557. The number of carbonyl (C=O) groups is 2. The molecule has 0 spiro atoms. The van der Waals surface area contributed by atoms with Crippen LogP contribution in [-0.4, -0.2) is 17.6 Å². The Balaban J connectivity index is 2.14. The first kappa shape index (κ1) is 18.5. The van der Waals surface area contributed by atoms with Gasteiger partial charge in [0.05, 0.1) is 34.2 Å². The summed E-state index contributed by atoms with van der Waals surface area (Å²) in [5, 5.41) is 23.7. The summed E-state index contributed by atoms with van der Waals surface area (Å²) in [5.41, 5.74) is -0.668. The Morgan fingerprint density at radius 1 is 1.40 bits per heavy atom. The molecule has 8 heteroatoms. The van der Waals surface area contributed by atoms with Gasteiger partial charge in [0, 0.05) is 5.41 Å². The first-order valence-corrected chi connectivity index (χ1v) is 8.32. The number of halogens is 1. The van der Waals surface area contributed by atoms with Crippen molar-refractivity contribution in [2.24, 2.45) is 11.3 Å². The van der Waals surface area contributed by atoms with E-state index in [0.29, 0.717) is 0 Å². The van der Waals surface area contributed by atoms with Gasteiger partial charge in [0.15, 0.2) is 0 Å². The van der Waals surface area contributed by atoms with Gasteiger partial charge in [0.2, 0.25) is 11.8 Å². The monoisotopic (exact) mass is 358 g/mol. The van der Waals surface area contributed by atoms with Crippen LogP contribution in [0, 0.1) is 39.8 Å². The van der Waals surface area contributed by atoms with Gasteiger partial charge in [-0.15, -0.1) is 0 Å². The molecule has 1 heterocycles. The molecule has 0 bridgehead atoms. The summed E-state index contributed by atoms with van der Waals surface area (Å²) in [6.45, 7) is 3.27. The number of nitrogens with one attached hydrogen (secondary N) is 2. The van der Waals surface area contributed by atoms with E-state index in [4.69, 9.17) is 5.26 Å². The highest BCUT2D eigenvalue weighted by Crippen LogP contribution is 2.41. The van der Waals surface area contributed by atoms with Crippen molar-refractivity contribution in [2.45, 2.75) is 13.8 Å². The third-order valence-corrected chi connectivity index (χ3v) is 4.83. The lowest BCUT2D eigenvalue weighted by Gasteiger charge is -2.34. The standard InChI is InChI=1S/C17H15FN4O2S/c1-17(2)10(7-19)15(24)22-16(11(17)8-20)25-9-14(23)21-13-6-4-3-5-12(13)18/h3-6,10H,9H2,1-2H3,(H,21,23)(H,22,24)/t10-/m0/s1. The van der Waals surface area contributed by atoms with Crippen molar-refractivity contribution in [1.29, 1.82) is 10.5 Å². The molecule has 2 rings (SSSR count). The second-order valence-electron chi connectivity index (χ2n) is 5.91. The minimum Gasteiger partial charge on any atom is -0.323 e. The van der Waals surface area contributed by atoms with Gasteiger partial charge in [-0.25, -0.2) is 4.39 Å². The molecule has 0 aliphatic carbocycles. The van der Waals surface area contributed by atoms with Crippen molar-refractivity contribution >= 4 is 29.3 Å². The number of hydrogen-bond acceptors (Lipinski definition) is 5. The van der Waals surface area contributed by atoms with Crippen molar-refractivity contribution in [3.63, 3.8) is 0 Å². The molecule has 0 saturated heterocycles. The lowest BCUT2D eigenvalue weighted by atomic mass is 9.72. The number of allylic oxidation sites excluding steroid dienone is 1. The van der Waals surface area contributed by atoms with Gasteiger partial charge < -0.3 is 10.6 Å². The molecule has 1 atom stereocenters. The summed E-state index contributed by atoms with van der Waals surface area (Å²) < 4.78 is 13.5. The number of amides is 2. The van der Waals surface area contributed by atoms with Crippen LogP contribution in [0.15, 0.2) is 34.9 Å². The van der Waals surface area contributed by atoms with Gasteiger partial charge in [0.25, 0.3) is 0 Å². The van der Waals surface area contributed by atoms with E-state index in [0.717, 1.165) is 11.8 Å². The molecular formula is C17H15FN4O2S. The second kappa shape index (κ2) is 7.37. The Morgan fingerprint density at radius 2 is 2.08 bits per heavy atom. The van der Waals surface area contributed by atoms with Gasteiger partial charge in [-0.3, -0.25) is 9.59 Å². The predicted octanol–water partition coefficient (Wildman–Crippen LogP) is 2.53. The van der Waals surface area contributed by atoms with Crippen LogP contribution < -0.4 is 10.6 Å². The largest absolute Gasteiger partial charge is 0.323 e. The van der Waals surface area contributed by atoms with Crippen molar-refractivity contribution in [3.8, 4) is 12.1 Å². The quantitative estimate of drug-likeness (QED) is 0.860. The number of para-hydroxylation sites is 1. The number of rotatable bonds is 4. The van der Waals surface area contributed by atoms with Crippen molar-refractivity contribution < 1.29 is 14.0 Å². The smallest absolute Gasteiger partial charge is 0.243 e. The van der Waals surface area contributed by atoms with Crippen LogP contribution in [-0.2, 0) is 9.59 Å². The summed E-state index contributed by atoms with van der Waals surface area (Å²) in [7, 11) is 0. The van der Waals surface area contributed by atoms with Crippen LogP contribution in [0.3, 0.4) is 0 Å². The van der Waals surface area contributed by atoms with Gasteiger partial charge in [-0.1, -0.05) is 37.7 Å². The average molecular weight is 358 g/mol.